The van der Waals surface area contributed by atoms with Gasteiger partial charge < -0.3 is 16.0 Å². The van der Waals surface area contributed by atoms with E-state index in [-0.39, 0.29) is 21.8 Å². The summed E-state index contributed by atoms with van der Waals surface area (Å²) < 4.78 is 0. The molecular formula is C20H19N5O4S2. The van der Waals surface area contributed by atoms with E-state index in [9.17, 15) is 19.7 Å². The lowest BCUT2D eigenvalue weighted by atomic mass is 10.2. The second kappa shape index (κ2) is 11.5. The minimum absolute atomic E-state index is 0.0637. The Balaban J connectivity index is 1.85. The Bertz CT molecular complexity index is 1040. The third-order valence-electron chi connectivity index (χ3n) is 3.72. The van der Waals surface area contributed by atoms with Crippen LogP contribution in [0.1, 0.15) is 18.9 Å². The van der Waals surface area contributed by atoms with Gasteiger partial charge in [-0.25, -0.2) is 0 Å². The van der Waals surface area contributed by atoms with Crippen molar-refractivity contribution >= 4 is 69.6 Å². The fourth-order valence-electron chi connectivity index (χ4n) is 2.24. The molecule has 11 heteroatoms. The molecule has 0 spiro atoms. The van der Waals surface area contributed by atoms with Crippen molar-refractivity contribution in [2.75, 3.05) is 10.6 Å². The molecule has 31 heavy (non-hydrogen) atoms. The van der Waals surface area contributed by atoms with E-state index in [4.69, 9.17) is 24.4 Å². The van der Waals surface area contributed by atoms with E-state index in [2.05, 4.69) is 21.3 Å². The smallest absolute Gasteiger partial charge is 0.270 e. The molecule has 0 heterocycles. The number of hydrogen-bond acceptors (Lipinski definition) is 6. The summed E-state index contributed by atoms with van der Waals surface area (Å²) in [5.41, 5.74) is 1.74. The van der Waals surface area contributed by atoms with E-state index >= 15 is 0 Å². The third kappa shape index (κ3) is 8.28. The van der Waals surface area contributed by atoms with Crippen molar-refractivity contribution in [2.24, 2.45) is 0 Å². The molecule has 0 saturated carbocycles. The van der Waals surface area contributed by atoms with Gasteiger partial charge in [0.05, 0.1) is 4.92 Å². The Morgan fingerprint density at radius 3 is 2.13 bits per heavy atom. The van der Waals surface area contributed by atoms with Gasteiger partial charge in [-0.2, -0.15) is 0 Å². The summed E-state index contributed by atoms with van der Waals surface area (Å²) in [5.74, 6) is -0.671. The summed E-state index contributed by atoms with van der Waals surface area (Å²) in [6.45, 7) is 1.73. The highest BCUT2D eigenvalue weighted by Crippen LogP contribution is 2.15. The van der Waals surface area contributed by atoms with E-state index in [1.54, 1.807) is 37.3 Å². The monoisotopic (exact) mass is 457 g/mol. The van der Waals surface area contributed by atoms with Gasteiger partial charge in [-0.3, -0.25) is 25.0 Å². The molecule has 0 radical (unpaired) electrons. The largest absolute Gasteiger partial charge is 0.332 e. The number of carbonyl (C=O) groups excluding carboxylic acids is 2. The first kappa shape index (κ1) is 23.6. The fourth-order valence-corrected chi connectivity index (χ4v) is 2.69. The summed E-state index contributed by atoms with van der Waals surface area (Å²) in [6.07, 6.45) is 3.01. The van der Waals surface area contributed by atoms with Crippen LogP contribution >= 0.6 is 24.4 Å². The van der Waals surface area contributed by atoms with Gasteiger partial charge in [-0.05, 0) is 60.3 Å². The van der Waals surface area contributed by atoms with Gasteiger partial charge in [0.15, 0.2) is 10.2 Å². The number of amides is 2. The Labute approximate surface area is 189 Å². The molecule has 0 aliphatic rings. The summed E-state index contributed by atoms with van der Waals surface area (Å²) in [7, 11) is 0. The van der Waals surface area contributed by atoms with E-state index < -0.39 is 10.8 Å². The van der Waals surface area contributed by atoms with Crippen molar-refractivity contribution in [1.82, 2.24) is 10.6 Å². The number of nitro groups is 1. The third-order valence-corrected chi connectivity index (χ3v) is 4.13. The number of benzene rings is 2. The molecule has 9 nitrogen and oxygen atoms in total. The van der Waals surface area contributed by atoms with Gasteiger partial charge in [0.1, 0.15) is 0 Å². The quantitative estimate of drug-likeness (QED) is 0.225. The van der Waals surface area contributed by atoms with Crippen molar-refractivity contribution < 1.29 is 14.5 Å². The molecule has 160 valence electrons. The highest BCUT2D eigenvalue weighted by molar-refractivity contribution is 7.80. The van der Waals surface area contributed by atoms with Gasteiger partial charge >= 0.3 is 0 Å². The SMILES string of the molecule is CCC(=O)NC(=S)Nc1ccc(NC(=S)NC(=O)C=Cc2cccc([N+](=O)[O-])c2)cc1. The zero-order chi connectivity index (χ0) is 22.8. The van der Waals surface area contributed by atoms with Crippen LogP contribution in [-0.2, 0) is 9.59 Å². The Hall–Kier alpha value is -3.70. The van der Waals surface area contributed by atoms with Gasteiger partial charge in [0, 0.05) is 36.0 Å². The number of carbonyl (C=O) groups is 2. The van der Waals surface area contributed by atoms with Crippen LogP contribution in [-0.4, -0.2) is 27.0 Å². The Kier molecular flexibility index (Phi) is 8.73. The number of non-ortho nitro benzene ring substituents is 1. The van der Waals surface area contributed by atoms with Gasteiger partial charge in [-0.1, -0.05) is 19.1 Å². The maximum Gasteiger partial charge on any atom is 0.270 e. The van der Waals surface area contributed by atoms with E-state index in [0.29, 0.717) is 23.4 Å². The minimum atomic E-state index is -0.508. The van der Waals surface area contributed by atoms with Crippen molar-refractivity contribution in [3.05, 3.63) is 70.3 Å². The second-order valence-electron chi connectivity index (χ2n) is 6.06. The predicted molar refractivity (Wildman–Crippen MR) is 128 cm³/mol. The fraction of sp³-hybridized carbons (Fsp3) is 0.100. The standard InChI is InChI=1S/C20H19N5O4S2/c1-2-17(26)23-19(30)21-14-7-9-15(10-8-14)22-20(31)24-18(27)11-6-13-4-3-5-16(12-13)25(28)29/h3-12H,2H2,1H3,(H2,21,23,26,30)(H2,22,24,27,31). The summed E-state index contributed by atoms with van der Waals surface area (Å²) in [4.78, 5) is 33.6. The molecule has 2 amide bonds. The molecule has 0 bridgehead atoms. The summed E-state index contributed by atoms with van der Waals surface area (Å²) in [6, 6.07) is 12.8. The van der Waals surface area contributed by atoms with Crippen LogP contribution in [0.2, 0.25) is 0 Å². The number of anilines is 2. The lowest BCUT2D eigenvalue weighted by molar-refractivity contribution is -0.384. The van der Waals surface area contributed by atoms with Crippen LogP contribution < -0.4 is 21.3 Å². The normalized spacial score (nSPS) is 10.2. The molecule has 0 fully saturated rings. The van der Waals surface area contributed by atoms with Crippen molar-refractivity contribution in [1.29, 1.82) is 0 Å². The van der Waals surface area contributed by atoms with Crippen LogP contribution in [0.4, 0.5) is 17.1 Å². The van der Waals surface area contributed by atoms with Crippen LogP contribution in [0.5, 0.6) is 0 Å². The van der Waals surface area contributed by atoms with E-state index in [1.165, 1.54) is 30.4 Å². The lowest BCUT2D eigenvalue weighted by Gasteiger charge is -2.11. The van der Waals surface area contributed by atoms with Gasteiger partial charge in [0.2, 0.25) is 11.8 Å². The Morgan fingerprint density at radius 1 is 1.00 bits per heavy atom. The number of rotatable bonds is 6. The molecule has 0 unspecified atom stereocenters. The number of nitro benzene ring substituents is 1. The molecule has 2 rings (SSSR count). The van der Waals surface area contributed by atoms with E-state index in [1.807, 2.05) is 0 Å². The maximum atomic E-state index is 12.0. The summed E-state index contributed by atoms with van der Waals surface area (Å²) in [5, 5.41) is 21.8. The average molecular weight is 458 g/mol. The molecule has 0 atom stereocenters. The van der Waals surface area contributed by atoms with Gasteiger partial charge in [0.25, 0.3) is 5.69 Å². The zero-order valence-electron chi connectivity index (χ0n) is 16.4. The number of hydrogen-bond donors (Lipinski definition) is 4. The Morgan fingerprint density at radius 2 is 1.58 bits per heavy atom. The van der Waals surface area contributed by atoms with Crippen molar-refractivity contribution in [3.8, 4) is 0 Å². The van der Waals surface area contributed by atoms with Crippen LogP contribution in [0.25, 0.3) is 6.08 Å². The molecule has 2 aromatic rings. The molecule has 0 aromatic heterocycles. The van der Waals surface area contributed by atoms with Crippen molar-refractivity contribution in [3.63, 3.8) is 0 Å². The van der Waals surface area contributed by atoms with E-state index in [0.717, 1.165) is 0 Å². The highest BCUT2D eigenvalue weighted by Gasteiger charge is 2.06. The molecule has 4 N–H and O–H groups in total. The van der Waals surface area contributed by atoms with Crippen LogP contribution in [0.15, 0.2) is 54.6 Å². The zero-order valence-corrected chi connectivity index (χ0v) is 18.0. The topological polar surface area (TPSA) is 125 Å². The van der Waals surface area contributed by atoms with Crippen LogP contribution in [0.3, 0.4) is 0 Å². The maximum absolute atomic E-state index is 12.0. The number of thiocarbonyl (C=S) groups is 2. The van der Waals surface area contributed by atoms with Crippen LogP contribution in [0, 0.1) is 10.1 Å². The number of nitrogens with zero attached hydrogens (tertiary/aromatic N) is 1. The molecule has 0 saturated heterocycles. The first-order valence-electron chi connectivity index (χ1n) is 9.02. The first-order valence-corrected chi connectivity index (χ1v) is 9.84. The van der Waals surface area contributed by atoms with Crippen molar-refractivity contribution in [2.45, 2.75) is 13.3 Å². The first-order chi connectivity index (χ1) is 14.8. The van der Waals surface area contributed by atoms with Gasteiger partial charge in [-0.15, -0.1) is 0 Å². The second-order valence-corrected chi connectivity index (χ2v) is 6.88. The molecule has 0 aliphatic carbocycles. The molecule has 0 aliphatic heterocycles. The summed E-state index contributed by atoms with van der Waals surface area (Å²) >= 11 is 10.2. The highest BCUT2D eigenvalue weighted by atomic mass is 32.1. The minimum Gasteiger partial charge on any atom is -0.332 e. The molecule has 2 aromatic carbocycles. The number of nitrogens with one attached hydrogen (secondary N) is 4. The lowest BCUT2D eigenvalue weighted by Crippen LogP contribution is -2.33. The average Bonchev–Trinajstić information content (AvgIpc) is 2.73. The molecular weight excluding hydrogens is 438 g/mol. The predicted octanol–water partition coefficient (Wildman–Crippen LogP) is 3.34.